The first kappa shape index (κ1) is 14.1. The monoisotopic (exact) mass is 299 g/mol. The molecule has 4 rings (SSSR count). The SMILES string of the molecule is Cc1cccc(C)c1C1c2ccccc2N(C)c2ccccc21. The maximum absolute atomic E-state index is 2.31. The van der Waals surface area contributed by atoms with Crippen LogP contribution in [0.4, 0.5) is 11.4 Å². The Labute approximate surface area is 138 Å². The first-order valence-corrected chi connectivity index (χ1v) is 8.16. The molecule has 1 heteroatoms. The van der Waals surface area contributed by atoms with E-state index in [1.54, 1.807) is 0 Å². The minimum Gasteiger partial charge on any atom is -0.344 e. The molecule has 0 N–H and O–H groups in total. The largest absolute Gasteiger partial charge is 0.344 e. The van der Waals surface area contributed by atoms with E-state index in [2.05, 4.69) is 92.5 Å². The molecular weight excluding hydrogens is 278 g/mol. The molecule has 0 saturated carbocycles. The Morgan fingerprint density at radius 3 is 1.65 bits per heavy atom. The average Bonchev–Trinajstić information content (AvgIpc) is 2.57. The molecule has 0 amide bonds. The molecule has 0 bridgehead atoms. The van der Waals surface area contributed by atoms with Crippen LogP contribution in [0.3, 0.4) is 0 Å². The third-order valence-electron chi connectivity index (χ3n) is 5.05. The summed E-state index contributed by atoms with van der Waals surface area (Å²) in [6, 6.07) is 24.2. The molecule has 0 spiro atoms. The molecule has 0 aliphatic carbocycles. The lowest BCUT2D eigenvalue weighted by molar-refractivity contribution is 0.906. The van der Waals surface area contributed by atoms with E-state index in [9.17, 15) is 0 Å². The smallest absolute Gasteiger partial charge is 0.0450 e. The minimum absolute atomic E-state index is 0.305. The number of para-hydroxylation sites is 2. The van der Waals surface area contributed by atoms with Crippen molar-refractivity contribution in [2.45, 2.75) is 19.8 Å². The fourth-order valence-corrected chi connectivity index (χ4v) is 3.97. The van der Waals surface area contributed by atoms with Crippen LogP contribution in [0.15, 0.2) is 66.7 Å². The van der Waals surface area contributed by atoms with E-state index in [1.165, 1.54) is 39.2 Å². The van der Waals surface area contributed by atoms with Crippen molar-refractivity contribution in [1.29, 1.82) is 0 Å². The lowest BCUT2D eigenvalue weighted by Gasteiger charge is -2.36. The fourth-order valence-electron chi connectivity index (χ4n) is 3.97. The highest BCUT2D eigenvalue weighted by Crippen LogP contribution is 2.48. The Balaban J connectivity index is 2.06. The number of anilines is 2. The van der Waals surface area contributed by atoms with Gasteiger partial charge in [0, 0.05) is 24.3 Å². The van der Waals surface area contributed by atoms with E-state index >= 15 is 0 Å². The summed E-state index contributed by atoms with van der Waals surface area (Å²) in [5.74, 6) is 0.305. The van der Waals surface area contributed by atoms with Crippen LogP contribution in [0, 0.1) is 13.8 Å². The summed E-state index contributed by atoms with van der Waals surface area (Å²) in [4.78, 5) is 2.31. The lowest BCUT2D eigenvalue weighted by Crippen LogP contribution is -2.23. The highest BCUT2D eigenvalue weighted by molar-refractivity contribution is 5.77. The average molecular weight is 299 g/mol. The molecule has 0 atom stereocenters. The van der Waals surface area contributed by atoms with Gasteiger partial charge in [-0.25, -0.2) is 0 Å². The summed E-state index contributed by atoms with van der Waals surface area (Å²) in [6.45, 7) is 4.46. The van der Waals surface area contributed by atoms with Crippen LogP contribution in [0.5, 0.6) is 0 Å². The molecule has 0 aromatic heterocycles. The molecule has 1 heterocycles. The van der Waals surface area contributed by atoms with Gasteiger partial charge >= 0.3 is 0 Å². The van der Waals surface area contributed by atoms with Gasteiger partial charge in [0.1, 0.15) is 0 Å². The van der Waals surface area contributed by atoms with Crippen LogP contribution in [0.2, 0.25) is 0 Å². The summed E-state index contributed by atoms with van der Waals surface area (Å²) >= 11 is 0. The van der Waals surface area contributed by atoms with Crippen molar-refractivity contribution in [3.8, 4) is 0 Å². The Morgan fingerprint density at radius 2 is 1.13 bits per heavy atom. The molecule has 0 fully saturated rings. The highest BCUT2D eigenvalue weighted by atomic mass is 15.1. The predicted octanol–water partition coefficient (Wildman–Crippen LogP) is 5.56. The van der Waals surface area contributed by atoms with Gasteiger partial charge in [-0.05, 0) is 53.8 Å². The second kappa shape index (κ2) is 5.27. The molecule has 0 radical (unpaired) electrons. The van der Waals surface area contributed by atoms with Crippen LogP contribution >= 0.6 is 0 Å². The van der Waals surface area contributed by atoms with Gasteiger partial charge in [-0.3, -0.25) is 0 Å². The Morgan fingerprint density at radius 1 is 0.652 bits per heavy atom. The molecule has 0 saturated heterocycles. The summed E-state index contributed by atoms with van der Waals surface area (Å²) in [5, 5.41) is 0. The van der Waals surface area contributed by atoms with Gasteiger partial charge in [-0.1, -0.05) is 54.6 Å². The van der Waals surface area contributed by atoms with E-state index in [4.69, 9.17) is 0 Å². The van der Waals surface area contributed by atoms with Gasteiger partial charge in [0.25, 0.3) is 0 Å². The summed E-state index contributed by atoms with van der Waals surface area (Å²) in [7, 11) is 2.17. The second-order valence-electron chi connectivity index (χ2n) is 6.42. The number of nitrogens with zero attached hydrogens (tertiary/aromatic N) is 1. The van der Waals surface area contributed by atoms with E-state index < -0.39 is 0 Å². The van der Waals surface area contributed by atoms with Gasteiger partial charge in [0.2, 0.25) is 0 Å². The van der Waals surface area contributed by atoms with Crippen molar-refractivity contribution in [3.63, 3.8) is 0 Å². The van der Waals surface area contributed by atoms with Crippen LogP contribution in [0.25, 0.3) is 0 Å². The van der Waals surface area contributed by atoms with Gasteiger partial charge in [0.15, 0.2) is 0 Å². The summed E-state index contributed by atoms with van der Waals surface area (Å²) in [6.07, 6.45) is 0. The third kappa shape index (κ3) is 2.08. The number of hydrogen-bond acceptors (Lipinski definition) is 1. The van der Waals surface area contributed by atoms with Gasteiger partial charge in [-0.2, -0.15) is 0 Å². The van der Waals surface area contributed by atoms with E-state index in [-0.39, 0.29) is 0 Å². The predicted molar refractivity (Wildman–Crippen MR) is 97.8 cm³/mol. The topological polar surface area (TPSA) is 3.24 Å². The highest BCUT2D eigenvalue weighted by Gasteiger charge is 2.30. The Hall–Kier alpha value is -2.54. The lowest BCUT2D eigenvalue weighted by atomic mass is 9.77. The molecule has 1 aliphatic heterocycles. The van der Waals surface area contributed by atoms with Gasteiger partial charge in [0.05, 0.1) is 0 Å². The maximum atomic E-state index is 2.31. The van der Waals surface area contributed by atoms with Crippen LogP contribution < -0.4 is 4.90 Å². The molecular formula is C22H21N. The Kier molecular flexibility index (Phi) is 3.23. The molecule has 3 aromatic rings. The van der Waals surface area contributed by atoms with Gasteiger partial charge in [-0.15, -0.1) is 0 Å². The fraction of sp³-hybridized carbons (Fsp3) is 0.182. The van der Waals surface area contributed by atoms with Crippen molar-refractivity contribution in [2.24, 2.45) is 0 Å². The quantitative estimate of drug-likeness (QED) is 0.568. The maximum Gasteiger partial charge on any atom is 0.0450 e. The van der Waals surface area contributed by atoms with Crippen LogP contribution in [-0.4, -0.2) is 7.05 Å². The molecule has 3 aromatic carbocycles. The molecule has 114 valence electrons. The van der Waals surface area contributed by atoms with Crippen LogP contribution in [-0.2, 0) is 0 Å². The normalized spacial score (nSPS) is 13.6. The zero-order chi connectivity index (χ0) is 16.0. The molecule has 1 nitrogen and oxygen atoms in total. The van der Waals surface area contributed by atoms with E-state index in [1.807, 2.05) is 0 Å². The molecule has 1 aliphatic rings. The van der Waals surface area contributed by atoms with Crippen molar-refractivity contribution < 1.29 is 0 Å². The van der Waals surface area contributed by atoms with Crippen molar-refractivity contribution >= 4 is 11.4 Å². The van der Waals surface area contributed by atoms with Crippen LogP contribution in [0.1, 0.15) is 33.7 Å². The first-order chi connectivity index (χ1) is 11.2. The minimum atomic E-state index is 0.305. The molecule has 0 unspecified atom stereocenters. The standard InChI is InChI=1S/C22H21N/c1-15-9-8-10-16(2)21(15)22-17-11-4-6-13-19(17)23(3)20-14-7-5-12-18(20)22/h4-14,22H,1-3H3. The molecule has 23 heavy (non-hydrogen) atoms. The number of aryl methyl sites for hydroxylation is 2. The Bertz CT molecular complexity index is 811. The van der Waals surface area contributed by atoms with Crippen molar-refractivity contribution in [3.05, 3.63) is 94.5 Å². The summed E-state index contributed by atoms with van der Waals surface area (Å²) in [5.41, 5.74) is 9.57. The summed E-state index contributed by atoms with van der Waals surface area (Å²) < 4.78 is 0. The van der Waals surface area contributed by atoms with Crippen molar-refractivity contribution in [1.82, 2.24) is 0 Å². The van der Waals surface area contributed by atoms with Gasteiger partial charge < -0.3 is 4.90 Å². The number of rotatable bonds is 1. The second-order valence-corrected chi connectivity index (χ2v) is 6.42. The van der Waals surface area contributed by atoms with E-state index in [0.717, 1.165) is 0 Å². The zero-order valence-electron chi connectivity index (χ0n) is 13.9. The zero-order valence-corrected chi connectivity index (χ0v) is 13.9. The third-order valence-corrected chi connectivity index (χ3v) is 5.05. The number of hydrogen-bond donors (Lipinski definition) is 0. The van der Waals surface area contributed by atoms with Crippen molar-refractivity contribution in [2.75, 3.05) is 11.9 Å². The number of benzene rings is 3. The first-order valence-electron chi connectivity index (χ1n) is 8.16. The van der Waals surface area contributed by atoms with E-state index in [0.29, 0.717) is 5.92 Å². The number of fused-ring (bicyclic) bond motifs is 2.